The fraction of sp³-hybridized carbons (Fsp3) is 0.455. The van der Waals surface area contributed by atoms with Gasteiger partial charge in [-0.3, -0.25) is 4.79 Å². The first-order chi connectivity index (χ1) is 14.9. The summed E-state index contributed by atoms with van der Waals surface area (Å²) >= 11 is 0. The smallest absolute Gasteiger partial charge is 0.419 e. The lowest BCUT2D eigenvalue weighted by atomic mass is 9.96. The molecule has 2 heterocycles. The van der Waals surface area contributed by atoms with Crippen molar-refractivity contribution in [2.75, 3.05) is 38.3 Å². The van der Waals surface area contributed by atoms with Gasteiger partial charge in [0.2, 0.25) is 5.91 Å². The Kier molecular flexibility index (Phi) is 7.73. The van der Waals surface area contributed by atoms with E-state index in [0.29, 0.717) is 44.9 Å². The molecule has 1 saturated heterocycles. The van der Waals surface area contributed by atoms with Crippen LogP contribution in [-0.2, 0) is 22.3 Å². The number of alkyl halides is 3. The summed E-state index contributed by atoms with van der Waals surface area (Å²) in [6.07, 6.45) is -1.91. The lowest BCUT2D eigenvalue weighted by molar-refractivity contribution is -0.137. The van der Waals surface area contributed by atoms with Crippen LogP contribution < -0.4 is 15.0 Å². The molecule has 1 unspecified atom stereocenters. The van der Waals surface area contributed by atoms with E-state index in [9.17, 15) is 18.0 Å². The molecule has 1 aromatic heterocycles. The van der Waals surface area contributed by atoms with Gasteiger partial charge < -0.3 is 19.7 Å². The van der Waals surface area contributed by atoms with Gasteiger partial charge in [0.25, 0.3) is 0 Å². The first-order valence-electron chi connectivity index (χ1n) is 10.1. The Morgan fingerprint density at radius 1 is 1.26 bits per heavy atom. The van der Waals surface area contributed by atoms with Crippen molar-refractivity contribution in [2.24, 2.45) is 5.92 Å². The summed E-state index contributed by atoms with van der Waals surface area (Å²) in [6.45, 7) is 1.86. The van der Waals surface area contributed by atoms with E-state index in [4.69, 9.17) is 9.47 Å². The van der Waals surface area contributed by atoms with Gasteiger partial charge in [-0.15, -0.1) is 0 Å². The Bertz CT molecular complexity index is 876. The maximum absolute atomic E-state index is 13.3. The average molecular weight is 437 g/mol. The molecule has 1 N–H and O–H groups in total. The molecule has 9 heteroatoms. The predicted octanol–water partition coefficient (Wildman–Crippen LogP) is 3.66. The number of piperidine rings is 1. The number of carbonyl (C=O) groups excluding carboxylic acids is 1. The number of hydrogen-bond donors (Lipinski definition) is 1. The first-order valence-corrected chi connectivity index (χ1v) is 10.1. The van der Waals surface area contributed by atoms with Gasteiger partial charge in [-0.25, -0.2) is 4.98 Å². The molecule has 31 heavy (non-hydrogen) atoms. The van der Waals surface area contributed by atoms with E-state index in [0.717, 1.165) is 11.6 Å². The van der Waals surface area contributed by atoms with Gasteiger partial charge in [0.15, 0.2) is 0 Å². The molecule has 0 bridgehead atoms. The predicted molar refractivity (Wildman–Crippen MR) is 110 cm³/mol. The highest BCUT2D eigenvalue weighted by atomic mass is 19.4. The molecule has 6 nitrogen and oxygen atoms in total. The van der Waals surface area contributed by atoms with Crippen LogP contribution in [0.25, 0.3) is 0 Å². The lowest BCUT2D eigenvalue weighted by Crippen LogP contribution is -2.43. The number of nitrogens with zero attached hydrogens (tertiary/aromatic N) is 2. The van der Waals surface area contributed by atoms with Crippen LogP contribution >= 0.6 is 0 Å². The maximum Gasteiger partial charge on any atom is 0.419 e. The number of aromatic nitrogens is 1. The highest BCUT2D eigenvalue weighted by Crippen LogP contribution is 2.36. The highest BCUT2D eigenvalue weighted by molar-refractivity contribution is 5.79. The number of methoxy groups -OCH3 is 1. The summed E-state index contributed by atoms with van der Waals surface area (Å²) in [5, 5.41) is 2.89. The zero-order chi connectivity index (χ0) is 22.3. The van der Waals surface area contributed by atoms with Gasteiger partial charge in [0.05, 0.1) is 18.1 Å². The molecule has 1 atom stereocenters. The Morgan fingerprint density at radius 2 is 2.10 bits per heavy atom. The van der Waals surface area contributed by atoms with Gasteiger partial charge in [-0.1, -0.05) is 12.1 Å². The van der Waals surface area contributed by atoms with E-state index >= 15 is 0 Å². The summed E-state index contributed by atoms with van der Waals surface area (Å²) in [5.41, 5.74) is 0.0985. The van der Waals surface area contributed by atoms with E-state index in [1.54, 1.807) is 12.0 Å². The maximum atomic E-state index is 13.3. The van der Waals surface area contributed by atoms with E-state index in [1.165, 1.54) is 12.3 Å². The van der Waals surface area contributed by atoms with Crippen LogP contribution in [0.15, 0.2) is 42.6 Å². The van der Waals surface area contributed by atoms with E-state index < -0.39 is 17.7 Å². The molecule has 3 rings (SSSR count). The molecule has 0 aliphatic carbocycles. The van der Waals surface area contributed by atoms with Crippen molar-refractivity contribution < 1.29 is 27.4 Å². The Morgan fingerprint density at radius 3 is 2.87 bits per heavy atom. The minimum absolute atomic E-state index is 0.117. The summed E-state index contributed by atoms with van der Waals surface area (Å²) in [6, 6.07) is 9.67. The largest absolute Gasteiger partial charge is 0.491 e. The standard InChI is InChI=1S/C22H26F3N3O3/c1-30-11-12-31-18-7-2-5-16(13-18)14-27-21(29)17-6-4-10-28(15-17)20-19(22(23,24)25)8-3-9-26-20/h2-3,5,7-9,13,17H,4,6,10-12,14-15H2,1H3,(H,27,29). The van der Waals surface area contributed by atoms with Crippen LogP contribution in [0.1, 0.15) is 24.0 Å². The summed E-state index contributed by atoms with van der Waals surface area (Å²) in [7, 11) is 1.60. The molecule has 1 aliphatic rings. The normalized spacial score (nSPS) is 16.8. The monoisotopic (exact) mass is 437 g/mol. The number of halogens is 3. The minimum atomic E-state index is -4.49. The van der Waals surface area contributed by atoms with Crippen LogP contribution in [0.5, 0.6) is 5.75 Å². The molecule has 1 aliphatic heterocycles. The number of amides is 1. The quantitative estimate of drug-likeness (QED) is 0.639. The molecule has 0 spiro atoms. The summed E-state index contributed by atoms with van der Waals surface area (Å²) in [5.74, 6) is -0.0197. The number of hydrogen-bond acceptors (Lipinski definition) is 5. The molecule has 0 radical (unpaired) electrons. The molecule has 1 amide bonds. The third kappa shape index (κ3) is 6.33. The van der Waals surface area contributed by atoms with Crippen molar-refractivity contribution in [2.45, 2.75) is 25.6 Å². The number of pyridine rings is 1. The van der Waals surface area contributed by atoms with Crippen molar-refractivity contribution in [3.05, 3.63) is 53.7 Å². The van der Waals surface area contributed by atoms with Crippen molar-refractivity contribution in [3.63, 3.8) is 0 Å². The third-order valence-corrected chi connectivity index (χ3v) is 5.11. The molecule has 168 valence electrons. The van der Waals surface area contributed by atoms with Gasteiger partial charge in [-0.2, -0.15) is 13.2 Å². The highest BCUT2D eigenvalue weighted by Gasteiger charge is 2.37. The SMILES string of the molecule is COCCOc1cccc(CNC(=O)C2CCCN(c3ncccc3C(F)(F)F)C2)c1. The van der Waals surface area contributed by atoms with Crippen LogP contribution in [0.3, 0.4) is 0 Å². The van der Waals surface area contributed by atoms with Crippen molar-refractivity contribution in [1.29, 1.82) is 0 Å². The number of carbonyl (C=O) groups is 1. The number of anilines is 1. The summed E-state index contributed by atoms with van der Waals surface area (Å²) in [4.78, 5) is 18.2. The number of ether oxygens (including phenoxy) is 2. The lowest BCUT2D eigenvalue weighted by Gasteiger charge is -2.34. The number of benzene rings is 1. The van der Waals surface area contributed by atoms with Crippen LogP contribution in [0, 0.1) is 5.92 Å². The second-order valence-electron chi connectivity index (χ2n) is 7.36. The fourth-order valence-electron chi connectivity index (χ4n) is 3.58. The van der Waals surface area contributed by atoms with Crippen LogP contribution in [0.2, 0.25) is 0 Å². The van der Waals surface area contributed by atoms with Gasteiger partial charge in [-0.05, 0) is 42.7 Å². The molecule has 0 saturated carbocycles. The third-order valence-electron chi connectivity index (χ3n) is 5.11. The van der Waals surface area contributed by atoms with Crippen molar-refractivity contribution in [1.82, 2.24) is 10.3 Å². The molecular weight excluding hydrogens is 411 g/mol. The Hall–Kier alpha value is -2.81. The van der Waals surface area contributed by atoms with Crippen molar-refractivity contribution in [3.8, 4) is 5.75 Å². The summed E-state index contributed by atoms with van der Waals surface area (Å²) < 4.78 is 50.5. The van der Waals surface area contributed by atoms with Gasteiger partial charge in [0.1, 0.15) is 18.2 Å². The average Bonchev–Trinajstić information content (AvgIpc) is 2.77. The second-order valence-corrected chi connectivity index (χ2v) is 7.36. The molecule has 1 fully saturated rings. The molecule has 1 aromatic carbocycles. The van der Waals surface area contributed by atoms with E-state index in [2.05, 4.69) is 10.3 Å². The van der Waals surface area contributed by atoms with E-state index in [-0.39, 0.29) is 18.3 Å². The number of nitrogens with one attached hydrogen (secondary N) is 1. The van der Waals surface area contributed by atoms with Crippen LogP contribution in [0.4, 0.5) is 19.0 Å². The van der Waals surface area contributed by atoms with Crippen molar-refractivity contribution >= 4 is 11.7 Å². The number of rotatable bonds is 8. The molecular formula is C22H26F3N3O3. The first kappa shape index (κ1) is 22.9. The Labute approximate surface area is 179 Å². The Balaban J connectivity index is 1.59. The fourth-order valence-corrected chi connectivity index (χ4v) is 3.58. The van der Waals surface area contributed by atoms with Gasteiger partial charge in [0, 0.05) is 32.9 Å². The zero-order valence-electron chi connectivity index (χ0n) is 17.3. The minimum Gasteiger partial charge on any atom is -0.491 e. The topological polar surface area (TPSA) is 63.7 Å². The van der Waals surface area contributed by atoms with E-state index in [1.807, 2.05) is 24.3 Å². The van der Waals surface area contributed by atoms with Gasteiger partial charge >= 0.3 is 6.18 Å². The van der Waals surface area contributed by atoms with Crippen LogP contribution in [-0.4, -0.2) is 44.3 Å². The zero-order valence-corrected chi connectivity index (χ0v) is 17.3. The second kappa shape index (κ2) is 10.5. The molecule has 2 aromatic rings.